The summed E-state index contributed by atoms with van der Waals surface area (Å²) in [6.07, 6.45) is 0. The Hall–Kier alpha value is 0.750. The molecule has 0 atom stereocenters. The van der Waals surface area contributed by atoms with Crippen LogP contribution in [0.25, 0.3) is 0 Å². The van der Waals surface area contributed by atoms with E-state index < -0.39 is 0 Å². The minimum Gasteiger partial charge on any atom is -0.870 e. The minimum absolute atomic E-state index is 0. The summed E-state index contributed by atoms with van der Waals surface area (Å²) in [4.78, 5) is 0. The van der Waals surface area contributed by atoms with Crippen LogP contribution in [0, 0.1) is 0 Å². The summed E-state index contributed by atoms with van der Waals surface area (Å²) in [6, 6.07) is 0. The molecule has 0 aromatic carbocycles. The zero-order chi connectivity index (χ0) is 0. The van der Waals surface area contributed by atoms with E-state index in [0.717, 1.165) is 0 Å². The van der Waals surface area contributed by atoms with Crippen LogP contribution in [0.5, 0.6) is 0 Å². The molecule has 0 aromatic heterocycles. The quantitative estimate of drug-likeness (QED) is 0.405. The summed E-state index contributed by atoms with van der Waals surface area (Å²) in [5.41, 5.74) is 0. The molecular formula is H3O3Sc. The maximum Gasteiger partial charge on any atom is 3.00 e. The molecule has 0 aliphatic heterocycles. The number of hydrogen-bond acceptors (Lipinski definition) is 3. The fraction of sp³-hybridized carbons (Fsp3) is 0. The van der Waals surface area contributed by atoms with E-state index in [0.29, 0.717) is 0 Å². The van der Waals surface area contributed by atoms with E-state index in [9.17, 15) is 0 Å². The van der Waals surface area contributed by atoms with Gasteiger partial charge in [-0.15, -0.1) is 0 Å². The van der Waals surface area contributed by atoms with Crippen molar-refractivity contribution in [3.63, 3.8) is 0 Å². The monoisotopic (exact) mass is 96.0 g/mol. The zero-order valence-corrected chi connectivity index (χ0v) is 3.72. The first-order chi connectivity index (χ1) is 0. The van der Waals surface area contributed by atoms with E-state index in [2.05, 4.69) is 0 Å². The van der Waals surface area contributed by atoms with E-state index in [1.54, 1.807) is 0 Å². The van der Waals surface area contributed by atoms with Crippen LogP contribution >= 0.6 is 0 Å². The van der Waals surface area contributed by atoms with Crippen molar-refractivity contribution in [2.45, 2.75) is 0 Å². The van der Waals surface area contributed by atoms with Gasteiger partial charge in [0.25, 0.3) is 0 Å². The molecule has 3 nitrogen and oxygen atoms in total. The molecule has 4 heteroatoms. The van der Waals surface area contributed by atoms with Crippen LogP contribution in [0.3, 0.4) is 0 Å². The van der Waals surface area contributed by atoms with Gasteiger partial charge in [0.05, 0.1) is 0 Å². The predicted molar refractivity (Wildman–Crippen MR) is 5.81 cm³/mol. The summed E-state index contributed by atoms with van der Waals surface area (Å²) >= 11 is 0. The number of rotatable bonds is 0. The van der Waals surface area contributed by atoms with E-state index in [4.69, 9.17) is 0 Å². The van der Waals surface area contributed by atoms with Crippen LogP contribution in [0.1, 0.15) is 0 Å². The molecule has 0 radical (unpaired) electrons. The summed E-state index contributed by atoms with van der Waals surface area (Å²) < 4.78 is 0. The first-order valence-corrected chi connectivity index (χ1v) is 0. The van der Waals surface area contributed by atoms with Crippen molar-refractivity contribution in [2.75, 3.05) is 0 Å². The molecule has 0 spiro atoms. The molecule has 0 unspecified atom stereocenters. The van der Waals surface area contributed by atoms with E-state index >= 15 is 0 Å². The third-order valence-corrected chi connectivity index (χ3v) is 0. The minimum atomic E-state index is 0. The van der Waals surface area contributed by atoms with Crippen LogP contribution in [0.4, 0.5) is 0 Å². The van der Waals surface area contributed by atoms with Crippen LogP contribution < -0.4 is 0 Å². The molecule has 0 saturated heterocycles. The van der Waals surface area contributed by atoms with Crippen molar-refractivity contribution in [1.82, 2.24) is 0 Å². The largest absolute Gasteiger partial charge is 3.00 e. The zero-order valence-electron chi connectivity index (χ0n) is 1.92. The second kappa shape index (κ2) is 50.4. The molecule has 0 saturated carbocycles. The predicted octanol–water partition coefficient (Wildman–Crippen LogP) is -0.533. The van der Waals surface area contributed by atoms with Gasteiger partial charge in [-0.05, 0) is 0 Å². The average molecular weight is 96.0 g/mol. The van der Waals surface area contributed by atoms with Crippen LogP contribution in [-0.4, -0.2) is 16.4 Å². The normalized spacial score (nSPS) is 0. The van der Waals surface area contributed by atoms with Gasteiger partial charge in [0.15, 0.2) is 0 Å². The van der Waals surface area contributed by atoms with Gasteiger partial charge >= 0.3 is 25.8 Å². The summed E-state index contributed by atoms with van der Waals surface area (Å²) in [7, 11) is 0. The van der Waals surface area contributed by atoms with Crippen LogP contribution in [-0.2, 0) is 25.8 Å². The number of hydrogen-bond donors (Lipinski definition) is 0. The molecule has 24 valence electrons. The third-order valence-electron chi connectivity index (χ3n) is 0. The van der Waals surface area contributed by atoms with Crippen molar-refractivity contribution in [3.8, 4) is 0 Å². The summed E-state index contributed by atoms with van der Waals surface area (Å²) in [5, 5.41) is 0. The van der Waals surface area contributed by atoms with Gasteiger partial charge in [0, 0.05) is 0 Å². The molecule has 4 heavy (non-hydrogen) atoms. The van der Waals surface area contributed by atoms with Crippen molar-refractivity contribution in [3.05, 3.63) is 0 Å². The summed E-state index contributed by atoms with van der Waals surface area (Å²) in [5.74, 6) is 0. The van der Waals surface area contributed by atoms with Crippen molar-refractivity contribution in [2.24, 2.45) is 0 Å². The Labute approximate surface area is 42.7 Å². The Kier molecular flexibility index (Phi) is 1500. The Morgan fingerprint density at radius 1 is 0.500 bits per heavy atom. The van der Waals surface area contributed by atoms with Gasteiger partial charge in [0.2, 0.25) is 0 Å². The van der Waals surface area contributed by atoms with E-state index in [1.807, 2.05) is 0 Å². The molecule has 3 N–H and O–H groups in total. The van der Waals surface area contributed by atoms with Gasteiger partial charge < -0.3 is 16.4 Å². The van der Waals surface area contributed by atoms with E-state index in [-0.39, 0.29) is 42.3 Å². The topological polar surface area (TPSA) is 90.0 Å². The molecular weight excluding hydrogens is 93.0 g/mol. The van der Waals surface area contributed by atoms with Crippen LogP contribution in [0.2, 0.25) is 0 Å². The Morgan fingerprint density at radius 2 is 0.500 bits per heavy atom. The Morgan fingerprint density at radius 3 is 0.500 bits per heavy atom. The maximum atomic E-state index is 0. The van der Waals surface area contributed by atoms with Gasteiger partial charge in [0.1, 0.15) is 0 Å². The SMILES string of the molecule is [OH-].[OH-].[OH-].[Sc+3]. The standard InChI is InChI=1S/3H2O.Sc/h3*1H2;/q;;;+3/p-3. The summed E-state index contributed by atoms with van der Waals surface area (Å²) in [6.45, 7) is 0. The maximum absolute atomic E-state index is 0. The molecule has 0 aliphatic carbocycles. The molecule has 0 amide bonds. The fourth-order valence-corrected chi connectivity index (χ4v) is 0. The molecule has 0 rings (SSSR count). The third kappa shape index (κ3) is 15.0. The Balaban J connectivity index is 0. The fourth-order valence-electron chi connectivity index (χ4n) is 0. The second-order valence-electron chi connectivity index (χ2n) is 0. The molecule has 0 heterocycles. The Bertz CT molecular complexity index is 3.25. The molecule has 0 fully saturated rings. The van der Waals surface area contributed by atoms with Gasteiger partial charge in [-0.2, -0.15) is 0 Å². The first-order valence-electron chi connectivity index (χ1n) is 0. The van der Waals surface area contributed by atoms with Gasteiger partial charge in [-0.1, -0.05) is 0 Å². The smallest absolute Gasteiger partial charge is 0.870 e. The van der Waals surface area contributed by atoms with Crippen LogP contribution in [0.15, 0.2) is 0 Å². The van der Waals surface area contributed by atoms with Crippen molar-refractivity contribution in [1.29, 1.82) is 0 Å². The molecule has 0 aromatic rings. The van der Waals surface area contributed by atoms with E-state index in [1.165, 1.54) is 0 Å². The van der Waals surface area contributed by atoms with Crippen molar-refractivity contribution >= 4 is 0 Å². The van der Waals surface area contributed by atoms with Crippen molar-refractivity contribution < 1.29 is 42.3 Å². The first kappa shape index (κ1) is 119. The molecule has 0 bridgehead atoms. The van der Waals surface area contributed by atoms with Gasteiger partial charge in [-0.25, -0.2) is 0 Å². The second-order valence-corrected chi connectivity index (χ2v) is 0. The van der Waals surface area contributed by atoms with Gasteiger partial charge in [-0.3, -0.25) is 0 Å². The average Bonchev–Trinajstić information content (AvgIpc) is 0. The molecule has 0 aliphatic rings.